The molecule has 3 rings (SSSR count). The number of hydrogen-bond acceptors (Lipinski definition) is 3. The maximum absolute atomic E-state index is 12.4. The summed E-state index contributed by atoms with van der Waals surface area (Å²) in [6, 6.07) is 2.31. The molecule has 0 radical (unpaired) electrons. The van der Waals surface area contributed by atoms with Crippen molar-refractivity contribution in [1.29, 1.82) is 0 Å². The predicted molar refractivity (Wildman–Crippen MR) is 77.2 cm³/mol. The zero-order valence-electron chi connectivity index (χ0n) is 10.00. The monoisotopic (exact) mass is 327 g/mol. The fraction of sp³-hybridized carbons (Fsp3) is 0.417. The number of rotatable bonds is 1. The van der Waals surface area contributed by atoms with Gasteiger partial charge in [-0.3, -0.25) is 4.79 Å². The molecule has 1 saturated heterocycles. The van der Waals surface area contributed by atoms with E-state index in [9.17, 15) is 4.79 Å². The molecule has 0 aromatic carbocycles. The van der Waals surface area contributed by atoms with Gasteiger partial charge in [0.25, 0.3) is 5.91 Å². The first-order chi connectivity index (χ1) is 8.65. The van der Waals surface area contributed by atoms with Crippen LogP contribution in [0.3, 0.4) is 0 Å². The van der Waals surface area contributed by atoms with E-state index in [4.69, 9.17) is 0 Å². The first-order valence-electron chi connectivity index (χ1n) is 5.93. The summed E-state index contributed by atoms with van der Waals surface area (Å²) in [6.45, 7) is 4.51. The van der Waals surface area contributed by atoms with E-state index in [0.29, 0.717) is 11.7 Å². The number of amides is 1. The van der Waals surface area contributed by atoms with Gasteiger partial charge in [0.1, 0.15) is 5.69 Å². The van der Waals surface area contributed by atoms with Crippen molar-refractivity contribution in [2.75, 3.05) is 19.6 Å². The summed E-state index contributed by atoms with van der Waals surface area (Å²) < 4.78 is 2.14. The molecule has 1 atom stereocenters. The minimum absolute atomic E-state index is 0.0960. The van der Waals surface area contributed by atoms with Crippen LogP contribution in [0.5, 0.6) is 0 Å². The molecule has 1 amide bonds. The molecule has 1 aliphatic rings. The normalized spacial score (nSPS) is 20.6. The number of carbonyl (C=O) groups is 1. The molecular formula is C12H14BrN3OS. The minimum Gasteiger partial charge on any atom is -0.349 e. The van der Waals surface area contributed by atoms with E-state index >= 15 is 0 Å². The van der Waals surface area contributed by atoms with E-state index in [0.717, 1.165) is 34.3 Å². The maximum Gasteiger partial charge on any atom is 0.270 e. The maximum atomic E-state index is 12.4. The quantitative estimate of drug-likeness (QED) is 0.845. The number of thiophene rings is 1. The zero-order chi connectivity index (χ0) is 12.7. The van der Waals surface area contributed by atoms with Crippen LogP contribution < -0.4 is 5.32 Å². The third-order valence-corrected chi connectivity index (χ3v) is 5.05. The second kappa shape index (κ2) is 4.68. The fourth-order valence-corrected chi connectivity index (χ4v) is 3.82. The number of carbonyl (C=O) groups excluding carboxylic acids is 1. The van der Waals surface area contributed by atoms with Crippen molar-refractivity contribution in [2.45, 2.75) is 13.0 Å². The van der Waals surface area contributed by atoms with Crippen LogP contribution in [0, 0.1) is 0 Å². The van der Waals surface area contributed by atoms with Gasteiger partial charge in [-0.2, -0.15) is 0 Å². The Hall–Kier alpha value is -0.850. The Morgan fingerprint density at radius 1 is 1.61 bits per heavy atom. The number of nitrogens with zero attached hydrogens (tertiary/aromatic N) is 1. The molecule has 2 aromatic rings. The van der Waals surface area contributed by atoms with Crippen molar-refractivity contribution in [3.8, 4) is 0 Å². The third kappa shape index (κ3) is 2.08. The molecular weight excluding hydrogens is 314 g/mol. The molecule has 4 nitrogen and oxygen atoms in total. The van der Waals surface area contributed by atoms with E-state index in [1.54, 1.807) is 11.3 Å². The van der Waals surface area contributed by atoms with Crippen molar-refractivity contribution >= 4 is 43.4 Å². The molecule has 6 heteroatoms. The molecule has 0 bridgehead atoms. The van der Waals surface area contributed by atoms with Gasteiger partial charge in [-0.25, -0.2) is 0 Å². The molecule has 18 heavy (non-hydrogen) atoms. The van der Waals surface area contributed by atoms with Gasteiger partial charge in [0, 0.05) is 31.1 Å². The number of piperazine rings is 1. The van der Waals surface area contributed by atoms with E-state index < -0.39 is 0 Å². The number of hydrogen-bond donors (Lipinski definition) is 2. The summed E-state index contributed by atoms with van der Waals surface area (Å²) in [7, 11) is 0. The average molecular weight is 328 g/mol. The number of H-pyrrole nitrogens is 1. The highest BCUT2D eigenvalue weighted by Gasteiger charge is 2.23. The van der Waals surface area contributed by atoms with Crippen LogP contribution in [0.25, 0.3) is 10.2 Å². The molecule has 0 spiro atoms. The van der Waals surface area contributed by atoms with Crippen molar-refractivity contribution in [1.82, 2.24) is 15.2 Å². The zero-order valence-corrected chi connectivity index (χ0v) is 12.4. The minimum atomic E-state index is 0.0960. The molecule has 2 aromatic heterocycles. The topological polar surface area (TPSA) is 48.1 Å². The van der Waals surface area contributed by atoms with Crippen LogP contribution >= 0.6 is 27.3 Å². The fourth-order valence-electron chi connectivity index (χ4n) is 2.28. The lowest BCUT2D eigenvalue weighted by atomic mass is 10.2. The summed E-state index contributed by atoms with van der Waals surface area (Å²) in [6.07, 6.45) is 0. The average Bonchev–Trinajstić information content (AvgIpc) is 2.91. The summed E-state index contributed by atoms with van der Waals surface area (Å²) >= 11 is 5.12. The van der Waals surface area contributed by atoms with Gasteiger partial charge in [-0.15, -0.1) is 11.3 Å². The SMILES string of the molecule is CC1CN(C(=O)c2cc3scc(Br)c3[nH]2)CCN1. The Bertz CT molecular complexity index is 591. The summed E-state index contributed by atoms with van der Waals surface area (Å²) in [4.78, 5) is 17.5. The van der Waals surface area contributed by atoms with Crippen LogP contribution in [0.1, 0.15) is 17.4 Å². The summed E-state index contributed by atoms with van der Waals surface area (Å²) in [5.74, 6) is 0.0960. The number of nitrogens with one attached hydrogen (secondary N) is 2. The van der Waals surface area contributed by atoms with Gasteiger partial charge in [0.05, 0.1) is 14.7 Å². The second-order valence-corrected chi connectivity index (χ2v) is 6.38. The third-order valence-electron chi connectivity index (χ3n) is 3.20. The van der Waals surface area contributed by atoms with Crippen LogP contribution in [-0.2, 0) is 0 Å². The Balaban J connectivity index is 1.86. The van der Waals surface area contributed by atoms with Crippen LogP contribution in [0.2, 0.25) is 0 Å². The second-order valence-electron chi connectivity index (χ2n) is 4.61. The summed E-state index contributed by atoms with van der Waals surface area (Å²) in [5.41, 5.74) is 1.71. The van der Waals surface area contributed by atoms with Gasteiger partial charge in [-0.05, 0) is 28.9 Å². The van der Waals surface area contributed by atoms with Crippen molar-refractivity contribution in [3.05, 3.63) is 21.6 Å². The molecule has 1 fully saturated rings. The van der Waals surface area contributed by atoms with Crippen LogP contribution in [0.15, 0.2) is 15.9 Å². The van der Waals surface area contributed by atoms with Crippen LogP contribution in [0.4, 0.5) is 0 Å². The predicted octanol–water partition coefficient (Wildman–Crippen LogP) is 2.43. The van der Waals surface area contributed by atoms with Crippen molar-refractivity contribution in [3.63, 3.8) is 0 Å². The molecule has 0 saturated carbocycles. The van der Waals surface area contributed by atoms with Gasteiger partial charge >= 0.3 is 0 Å². The van der Waals surface area contributed by atoms with Crippen molar-refractivity contribution in [2.24, 2.45) is 0 Å². The largest absolute Gasteiger partial charge is 0.349 e. The highest BCUT2D eigenvalue weighted by atomic mass is 79.9. The molecule has 0 aliphatic carbocycles. The molecule has 1 unspecified atom stereocenters. The van der Waals surface area contributed by atoms with E-state index in [1.165, 1.54) is 0 Å². The van der Waals surface area contributed by atoms with Gasteiger partial charge in [-0.1, -0.05) is 0 Å². The van der Waals surface area contributed by atoms with Gasteiger partial charge in [0.2, 0.25) is 0 Å². The lowest BCUT2D eigenvalue weighted by Crippen LogP contribution is -2.51. The summed E-state index contributed by atoms with van der Waals surface area (Å²) in [5, 5.41) is 5.37. The standard InChI is InChI=1S/C12H14BrN3OS/c1-7-5-16(3-2-14-7)12(17)9-4-10-11(15-9)8(13)6-18-10/h4,6-7,14-15H,2-3,5H2,1H3. The lowest BCUT2D eigenvalue weighted by molar-refractivity contribution is 0.0704. The Kier molecular flexibility index (Phi) is 3.17. The van der Waals surface area contributed by atoms with Gasteiger partial charge < -0.3 is 15.2 Å². The van der Waals surface area contributed by atoms with Crippen molar-refractivity contribution < 1.29 is 4.79 Å². The highest BCUT2D eigenvalue weighted by molar-refractivity contribution is 9.10. The smallest absolute Gasteiger partial charge is 0.270 e. The molecule has 96 valence electrons. The Morgan fingerprint density at radius 2 is 2.44 bits per heavy atom. The van der Waals surface area contributed by atoms with E-state index in [-0.39, 0.29) is 5.91 Å². The molecule has 1 aliphatic heterocycles. The van der Waals surface area contributed by atoms with Crippen LogP contribution in [-0.4, -0.2) is 41.5 Å². The van der Waals surface area contributed by atoms with Gasteiger partial charge in [0.15, 0.2) is 0 Å². The first kappa shape index (κ1) is 12.2. The lowest BCUT2D eigenvalue weighted by Gasteiger charge is -2.31. The van der Waals surface area contributed by atoms with E-state index in [1.807, 2.05) is 16.3 Å². The number of aromatic amines is 1. The Morgan fingerprint density at radius 3 is 3.17 bits per heavy atom. The number of aromatic nitrogens is 1. The first-order valence-corrected chi connectivity index (χ1v) is 7.61. The highest BCUT2D eigenvalue weighted by Crippen LogP contribution is 2.30. The van der Waals surface area contributed by atoms with E-state index in [2.05, 4.69) is 33.2 Å². The number of fused-ring (bicyclic) bond motifs is 1. The Labute approximate surface area is 117 Å². The molecule has 2 N–H and O–H groups in total. The number of halogens is 1. The molecule has 3 heterocycles.